The van der Waals surface area contributed by atoms with Gasteiger partial charge in [0.05, 0.1) is 0 Å². The summed E-state index contributed by atoms with van der Waals surface area (Å²) in [5.74, 6) is 0. The van der Waals surface area contributed by atoms with Crippen LogP contribution in [0, 0.1) is 0 Å². The summed E-state index contributed by atoms with van der Waals surface area (Å²) in [6.45, 7) is 3.84. The van der Waals surface area contributed by atoms with Crippen molar-refractivity contribution in [3.05, 3.63) is 78.9 Å². The van der Waals surface area contributed by atoms with Gasteiger partial charge in [-0.05, 0) is 11.6 Å². The maximum atomic E-state index is 6.19. The molecule has 2 nitrogen and oxygen atoms in total. The van der Waals surface area contributed by atoms with Crippen LogP contribution in [0.1, 0.15) is 5.56 Å². The van der Waals surface area contributed by atoms with Gasteiger partial charge in [0.1, 0.15) is 11.2 Å². The van der Waals surface area contributed by atoms with Crippen molar-refractivity contribution in [3.63, 3.8) is 0 Å². The van der Waals surface area contributed by atoms with Crippen molar-refractivity contribution in [2.45, 2.75) is 0 Å². The second-order valence-corrected chi connectivity index (χ2v) is 5.36. The zero-order chi connectivity index (χ0) is 15.1. The minimum atomic E-state index is 0.519. The van der Waals surface area contributed by atoms with E-state index in [0.717, 1.165) is 38.6 Å². The van der Waals surface area contributed by atoms with E-state index in [1.807, 2.05) is 30.3 Å². The summed E-state index contributed by atoms with van der Waals surface area (Å²) in [6.07, 6.45) is 0. The molecule has 0 saturated heterocycles. The highest BCUT2D eigenvalue weighted by Crippen LogP contribution is 2.37. The SMILES string of the molecule is C=C(N)c1cccc2c1oc1c(-c3ccccc3)cccc12. The van der Waals surface area contributed by atoms with E-state index < -0.39 is 0 Å². The second-order valence-electron chi connectivity index (χ2n) is 5.36. The van der Waals surface area contributed by atoms with Crippen LogP contribution in [0.4, 0.5) is 0 Å². The highest BCUT2D eigenvalue weighted by Gasteiger charge is 2.14. The first-order valence-electron chi connectivity index (χ1n) is 7.20. The molecule has 0 aliphatic rings. The van der Waals surface area contributed by atoms with Gasteiger partial charge >= 0.3 is 0 Å². The number of rotatable bonds is 2. The molecule has 0 amide bonds. The zero-order valence-corrected chi connectivity index (χ0v) is 12.0. The lowest BCUT2D eigenvalue weighted by atomic mass is 10.0. The first-order chi connectivity index (χ1) is 10.8. The van der Waals surface area contributed by atoms with E-state index in [0.29, 0.717) is 5.70 Å². The molecule has 2 N–H and O–H groups in total. The van der Waals surface area contributed by atoms with Crippen LogP contribution < -0.4 is 5.73 Å². The van der Waals surface area contributed by atoms with Gasteiger partial charge in [0.25, 0.3) is 0 Å². The predicted molar refractivity (Wildman–Crippen MR) is 92.4 cm³/mol. The summed E-state index contributed by atoms with van der Waals surface area (Å²) < 4.78 is 6.19. The van der Waals surface area contributed by atoms with Crippen LogP contribution in [0.5, 0.6) is 0 Å². The minimum Gasteiger partial charge on any atom is -0.455 e. The highest BCUT2D eigenvalue weighted by molar-refractivity contribution is 6.11. The molecule has 2 heteroatoms. The average molecular weight is 285 g/mol. The van der Waals surface area contributed by atoms with Crippen LogP contribution in [-0.4, -0.2) is 0 Å². The Morgan fingerprint density at radius 2 is 1.45 bits per heavy atom. The van der Waals surface area contributed by atoms with Crippen LogP contribution in [0.3, 0.4) is 0 Å². The number of furan rings is 1. The van der Waals surface area contributed by atoms with Gasteiger partial charge in [0.15, 0.2) is 0 Å². The van der Waals surface area contributed by atoms with Crippen LogP contribution in [-0.2, 0) is 0 Å². The van der Waals surface area contributed by atoms with E-state index in [1.54, 1.807) is 0 Å². The topological polar surface area (TPSA) is 39.2 Å². The van der Waals surface area contributed by atoms with Crippen molar-refractivity contribution in [1.82, 2.24) is 0 Å². The van der Waals surface area contributed by atoms with Crippen LogP contribution in [0.2, 0.25) is 0 Å². The van der Waals surface area contributed by atoms with Gasteiger partial charge in [-0.3, -0.25) is 0 Å². The molecular formula is C20H15NO. The summed E-state index contributed by atoms with van der Waals surface area (Å²) >= 11 is 0. The third-order valence-corrected chi connectivity index (χ3v) is 3.96. The zero-order valence-electron chi connectivity index (χ0n) is 12.0. The van der Waals surface area contributed by atoms with Crippen molar-refractivity contribution in [2.24, 2.45) is 5.73 Å². The molecule has 0 atom stereocenters. The van der Waals surface area contributed by atoms with Gasteiger partial charge < -0.3 is 10.2 Å². The van der Waals surface area contributed by atoms with E-state index in [-0.39, 0.29) is 0 Å². The molecule has 4 rings (SSSR count). The van der Waals surface area contributed by atoms with Crippen molar-refractivity contribution in [2.75, 3.05) is 0 Å². The van der Waals surface area contributed by atoms with Crippen LogP contribution >= 0.6 is 0 Å². The van der Waals surface area contributed by atoms with Crippen molar-refractivity contribution >= 4 is 27.6 Å². The average Bonchev–Trinajstić information content (AvgIpc) is 2.94. The van der Waals surface area contributed by atoms with E-state index in [9.17, 15) is 0 Å². The standard InChI is InChI=1S/C20H15NO/c1-13(21)15-9-5-11-17-18-12-6-10-16(20(18)22-19(15)17)14-7-3-2-4-8-14/h2-12H,1,21H2. The molecule has 1 heterocycles. The van der Waals surface area contributed by atoms with E-state index in [4.69, 9.17) is 10.2 Å². The maximum absolute atomic E-state index is 6.19. The molecule has 1 aromatic heterocycles. The van der Waals surface area contributed by atoms with E-state index >= 15 is 0 Å². The molecular weight excluding hydrogens is 270 g/mol. The fourth-order valence-corrected chi connectivity index (χ4v) is 2.92. The molecule has 3 aromatic carbocycles. The molecule has 0 bridgehead atoms. The van der Waals surface area contributed by atoms with Gasteiger partial charge in [0, 0.05) is 27.6 Å². The normalized spacial score (nSPS) is 11.1. The number of benzene rings is 3. The number of nitrogens with two attached hydrogens (primary N) is 1. The van der Waals surface area contributed by atoms with Gasteiger partial charge in [-0.2, -0.15) is 0 Å². The Bertz CT molecular complexity index is 996. The predicted octanol–water partition coefficient (Wildman–Crippen LogP) is 5.18. The molecule has 0 spiro atoms. The second kappa shape index (κ2) is 4.78. The smallest absolute Gasteiger partial charge is 0.144 e. The van der Waals surface area contributed by atoms with Gasteiger partial charge in [-0.1, -0.05) is 67.2 Å². The molecule has 0 aliphatic carbocycles. The van der Waals surface area contributed by atoms with Crippen molar-refractivity contribution < 1.29 is 4.42 Å². The first-order valence-corrected chi connectivity index (χ1v) is 7.20. The van der Waals surface area contributed by atoms with Gasteiger partial charge in [0.2, 0.25) is 0 Å². The van der Waals surface area contributed by atoms with Crippen molar-refractivity contribution in [3.8, 4) is 11.1 Å². The summed E-state index contributed by atoms with van der Waals surface area (Å²) in [5.41, 5.74) is 11.2. The fourth-order valence-electron chi connectivity index (χ4n) is 2.92. The lowest BCUT2D eigenvalue weighted by Gasteiger charge is -2.01. The maximum Gasteiger partial charge on any atom is 0.144 e. The molecule has 0 saturated carbocycles. The highest BCUT2D eigenvalue weighted by atomic mass is 16.3. The lowest BCUT2D eigenvalue weighted by molar-refractivity contribution is 0.668. The van der Waals surface area contributed by atoms with E-state index in [1.165, 1.54) is 0 Å². The number of para-hydroxylation sites is 2. The van der Waals surface area contributed by atoms with Crippen molar-refractivity contribution in [1.29, 1.82) is 0 Å². The fraction of sp³-hybridized carbons (Fsp3) is 0. The quantitative estimate of drug-likeness (QED) is 0.551. The van der Waals surface area contributed by atoms with Gasteiger partial charge in [-0.25, -0.2) is 0 Å². The summed E-state index contributed by atoms with van der Waals surface area (Å²) in [5, 5.41) is 2.16. The lowest BCUT2D eigenvalue weighted by Crippen LogP contribution is -1.93. The summed E-state index contributed by atoms with van der Waals surface area (Å²) in [6, 6.07) is 22.5. The number of fused-ring (bicyclic) bond motifs is 3. The number of hydrogen-bond acceptors (Lipinski definition) is 2. The van der Waals surface area contributed by atoms with Gasteiger partial charge in [-0.15, -0.1) is 0 Å². The summed E-state index contributed by atoms with van der Waals surface area (Å²) in [7, 11) is 0. The van der Waals surface area contributed by atoms with Crippen LogP contribution in [0.25, 0.3) is 38.8 Å². The molecule has 106 valence electrons. The molecule has 0 aliphatic heterocycles. The Kier molecular flexibility index (Phi) is 2.76. The largest absolute Gasteiger partial charge is 0.455 e. The third kappa shape index (κ3) is 1.81. The van der Waals surface area contributed by atoms with Crippen LogP contribution in [0.15, 0.2) is 77.7 Å². The first kappa shape index (κ1) is 12.7. The molecule has 0 fully saturated rings. The number of hydrogen-bond donors (Lipinski definition) is 1. The molecule has 4 aromatic rings. The summed E-state index contributed by atoms with van der Waals surface area (Å²) in [4.78, 5) is 0. The molecule has 0 radical (unpaired) electrons. The molecule has 0 unspecified atom stereocenters. The Morgan fingerprint density at radius 3 is 2.18 bits per heavy atom. The Balaban J connectivity index is 2.12. The third-order valence-electron chi connectivity index (χ3n) is 3.96. The monoisotopic (exact) mass is 285 g/mol. The molecule has 22 heavy (non-hydrogen) atoms. The minimum absolute atomic E-state index is 0.519. The Morgan fingerprint density at radius 1 is 0.773 bits per heavy atom. The Labute approximate surface area is 128 Å². The van der Waals surface area contributed by atoms with E-state index in [2.05, 4.69) is 43.0 Å². The Hall–Kier alpha value is -3.00.